The number of nitrogens with zero attached hydrogens (tertiary/aromatic N) is 1. The fourth-order valence-corrected chi connectivity index (χ4v) is 2.18. The summed E-state index contributed by atoms with van der Waals surface area (Å²) in [6, 6.07) is 6.23. The summed E-state index contributed by atoms with van der Waals surface area (Å²) >= 11 is 4.19. The van der Waals surface area contributed by atoms with Gasteiger partial charge in [0.15, 0.2) is 0 Å². The average Bonchev–Trinajstić information content (AvgIpc) is 2.46. The van der Waals surface area contributed by atoms with Crippen LogP contribution in [0.15, 0.2) is 24.3 Å². The highest BCUT2D eigenvalue weighted by Crippen LogP contribution is 2.17. The number of benzene rings is 1. The van der Waals surface area contributed by atoms with Crippen molar-refractivity contribution in [3.8, 4) is 5.75 Å². The van der Waals surface area contributed by atoms with Gasteiger partial charge < -0.3 is 4.74 Å². The Morgan fingerprint density at radius 1 is 0.950 bits per heavy atom. The van der Waals surface area contributed by atoms with E-state index in [0.29, 0.717) is 12.4 Å². The van der Waals surface area contributed by atoms with Crippen LogP contribution in [0.4, 0.5) is 5.69 Å². The molecule has 0 N–H and O–H groups in total. The van der Waals surface area contributed by atoms with Crippen molar-refractivity contribution >= 4 is 18.3 Å². The second kappa shape index (κ2) is 10.5. The van der Waals surface area contributed by atoms with E-state index in [1.807, 2.05) is 0 Å². The van der Waals surface area contributed by atoms with Crippen LogP contribution in [0.3, 0.4) is 0 Å². The third kappa shape index (κ3) is 7.38. The molecule has 0 heterocycles. The van der Waals surface area contributed by atoms with Gasteiger partial charge in [0, 0.05) is 12.1 Å². The highest BCUT2D eigenvalue weighted by Gasteiger charge is 2.03. The Kier molecular flexibility index (Phi) is 8.87. The van der Waals surface area contributed by atoms with Gasteiger partial charge in [-0.3, -0.25) is 10.1 Å². The molecule has 20 heavy (non-hydrogen) atoms. The van der Waals surface area contributed by atoms with E-state index < -0.39 is 4.92 Å². The second-order valence-electron chi connectivity index (χ2n) is 4.80. The summed E-state index contributed by atoms with van der Waals surface area (Å²) in [6.45, 7) is 0.675. The van der Waals surface area contributed by atoms with E-state index in [9.17, 15) is 10.1 Å². The highest BCUT2D eigenvalue weighted by molar-refractivity contribution is 7.80. The van der Waals surface area contributed by atoms with Crippen LogP contribution in [0.1, 0.15) is 44.9 Å². The van der Waals surface area contributed by atoms with Crippen molar-refractivity contribution in [2.75, 3.05) is 12.4 Å². The smallest absolute Gasteiger partial charge is 0.269 e. The van der Waals surface area contributed by atoms with Gasteiger partial charge >= 0.3 is 0 Å². The topological polar surface area (TPSA) is 52.4 Å². The lowest BCUT2D eigenvalue weighted by atomic mass is 10.1. The molecule has 0 atom stereocenters. The van der Waals surface area contributed by atoms with Gasteiger partial charge in [-0.25, -0.2) is 0 Å². The van der Waals surface area contributed by atoms with Crippen LogP contribution >= 0.6 is 12.6 Å². The van der Waals surface area contributed by atoms with Crippen molar-refractivity contribution in [3.63, 3.8) is 0 Å². The number of hydrogen-bond donors (Lipinski definition) is 1. The lowest BCUT2D eigenvalue weighted by Gasteiger charge is -2.05. The first-order valence-corrected chi connectivity index (χ1v) is 7.85. The Hall–Kier alpha value is -1.23. The summed E-state index contributed by atoms with van der Waals surface area (Å²) in [5.74, 6) is 1.69. The summed E-state index contributed by atoms with van der Waals surface area (Å²) in [6.07, 6.45) is 8.53. The van der Waals surface area contributed by atoms with Crippen molar-refractivity contribution in [1.29, 1.82) is 0 Å². The lowest BCUT2D eigenvalue weighted by molar-refractivity contribution is -0.384. The molecule has 1 aromatic carbocycles. The minimum absolute atomic E-state index is 0.0959. The molecule has 5 heteroatoms. The van der Waals surface area contributed by atoms with Crippen molar-refractivity contribution in [3.05, 3.63) is 34.4 Å². The normalized spacial score (nSPS) is 10.4. The third-order valence-corrected chi connectivity index (χ3v) is 3.43. The van der Waals surface area contributed by atoms with E-state index >= 15 is 0 Å². The van der Waals surface area contributed by atoms with Gasteiger partial charge in [-0.2, -0.15) is 12.6 Å². The number of nitro benzene ring substituents is 1. The number of hydrogen-bond acceptors (Lipinski definition) is 4. The van der Waals surface area contributed by atoms with E-state index in [1.165, 1.54) is 50.7 Å². The first kappa shape index (κ1) is 16.8. The van der Waals surface area contributed by atoms with Crippen LogP contribution < -0.4 is 4.74 Å². The molecule has 1 rings (SSSR count). The summed E-state index contributed by atoms with van der Waals surface area (Å²) in [7, 11) is 0. The molecular formula is C15H23NO3S. The molecule has 0 radical (unpaired) electrons. The number of nitro groups is 1. The maximum Gasteiger partial charge on any atom is 0.269 e. The fraction of sp³-hybridized carbons (Fsp3) is 0.600. The van der Waals surface area contributed by atoms with Crippen LogP contribution in [0.25, 0.3) is 0 Å². The summed E-state index contributed by atoms with van der Waals surface area (Å²) < 4.78 is 5.55. The number of unbranched alkanes of at least 4 members (excludes halogenated alkanes) is 6. The monoisotopic (exact) mass is 297 g/mol. The van der Waals surface area contributed by atoms with Crippen LogP contribution in [0.5, 0.6) is 5.75 Å². The zero-order valence-corrected chi connectivity index (χ0v) is 12.7. The Morgan fingerprint density at radius 3 is 2.05 bits per heavy atom. The molecule has 4 nitrogen and oxygen atoms in total. The van der Waals surface area contributed by atoms with Gasteiger partial charge in [0.05, 0.1) is 11.5 Å². The maximum atomic E-state index is 10.5. The minimum Gasteiger partial charge on any atom is -0.494 e. The zero-order valence-electron chi connectivity index (χ0n) is 11.8. The Morgan fingerprint density at radius 2 is 1.50 bits per heavy atom. The molecule has 0 aliphatic rings. The predicted octanol–water partition coefficient (Wildman–Crippen LogP) is 4.63. The van der Waals surface area contributed by atoms with Gasteiger partial charge in [0.2, 0.25) is 0 Å². The maximum absolute atomic E-state index is 10.5. The summed E-state index contributed by atoms with van der Waals surface area (Å²) in [5, 5.41) is 10.5. The van der Waals surface area contributed by atoms with Crippen LogP contribution in [0.2, 0.25) is 0 Å². The Labute approximate surface area is 126 Å². The van der Waals surface area contributed by atoms with Gasteiger partial charge in [0.25, 0.3) is 5.69 Å². The van der Waals surface area contributed by atoms with E-state index in [4.69, 9.17) is 4.74 Å². The number of thiol groups is 1. The van der Waals surface area contributed by atoms with E-state index in [0.717, 1.165) is 12.2 Å². The SMILES string of the molecule is O=[N+]([O-])c1ccc(OCCCCCCCCCS)cc1. The van der Waals surface area contributed by atoms with Gasteiger partial charge in [-0.1, -0.05) is 32.1 Å². The molecule has 1 aromatic rings. The largest absolute Gasteiger partial charge is 0.494 e. The fourth-order valence-electron chi connectivity index (χ4n) is 1.95. The van der Waals surface area contributed by atoms with Crippen LogP contribution in [0, 0.1) is 10.1 Å². The molecule has 0 saturated carbocycles. The van der Waals surface area contributed by atoms with Crippen molar-refractivity contribution < 1.29 is 9.66 Å². The average molecular weight is 297 g/mol. The quantitative estimate of drug-likeness (QED) is 0.280. The van der Waals surface area contributed by atoms with Crippen molar-refractivity contribution in [2.45, 2.75) is 44.9 Å². The first-order valence-electron chi connectivity index (χ1n) is 7.22. The standard InChI is InChI=1S/C15H23NO3S/c17-16(18)14-8-10-15(11-9-14)19-12-6-4-2-1-3-5-7-13-20/h8-11,20H,1-7,12-13H2. The Bertz CT molecular complexity index is 381. The predicted molar refractivity (Wildman–Crippen MR) is 84.8 cm³/mol. The van der Waals surface area contributed by atoms with Crippen LogP contribution in [-0.4, -0.2) is 17.3 Å². The van der Waals surface area contributed by atoms with Gasteiger partial charge in [-0.15, -0.1) is 0 Å². The molecule has 0 fully saturated rings. The van der Waals surface area contributed by atoms with Crippen molar-refractivity contribution in [1.82, 2.24) is 0 Å². The molecule has 0 aliphatic heterocycles. The van der Waals surface area contributed by atoms with Gasteiger partial charge in [-0.05, 0) is 30.7 Å². The molecular weight excluding hydrogens is 274 g/mol. The van der Waals surface area contributed by atoms with Gasteiger partial charge in [0.1, 0.15) is 5.75 Å². The molecule has 0 aromatic heterocycles. The number of ether oxygens (including phenoxy) is 1. The number of non-ortho nitro benzene ring substituents is 1. The highest BCUT2D eigenvalue weighted by atomic mass is 32.1. The first-order chi connectivity index (χ1) is 9.74. The van der Waals surface area contributed by atoms with E-state index in [1.54, 1.807) is 12.1 Å². The summed E-state index contributed by atoms with van der Waals surface area (Å²) in [5.41, 5.74) is 0.0959. The minimum atomic E-state index is -0.405. The van der Waals surface area contributed by atoms with E-state index in [2.05, 4.69) is 12.6 Å². The lowest BCUT2D eigenvalue weighted by Crippen LogP contribution is -1.97. The molecule has 0 saturated heterocycles. The Balaban J connectivity index is 2.02. The molecule has 0 aliphatic carbocycles. The molecule has 0 unspecified atom stereocenters. The summed E-state index contributed by atoms with van der Waals surface area (Å²) in [4.78, 5) is 10.1. The van der Waals surface area contributed by atoms with Crippen molar-refractivity contribution in [2.24, 2.45) is 0 Å². The molecule has 0 bridgehead atoms. The van der Waals surface area contributed by atoms with E-state index in [-0.39, 0.29) is 5.69 Å². The molecule has 112 valence electrons. The second-order valence-corrected chi connectivity index (χ2v) is 5.25. The zero-order chi connectivity index (χ0) is 14.6. The third-order valence-electron chi connectivity index (χ3n) is 3.12. The number of rotatable bonds is 11. The molecule has 0 amide bonds. The van der Waals surface area contributed by atoms with Crippen LogP contribution in [-0.2, 0) is 0 Å². The molecule has 0 spiro atoms.